The average Bonchev–Trinajstić information content (AvgIpc) is 3.60. The number of fused-ring (bicyclic) bond motifs is 5. The van der Waals surface area contributed by atoms with Gasteiger partial charge in [0.25, 0.3) is 0 Å². The fourth-order valence-corrected chi connectivity index (χ4v) is 7.50. The van der Waals surface area contributed by atoms with Gasteiger partial charge in [0.15, 0.2) is 11.6 Å². The van der Waals surface area contributed by atoms with Crippen LogP contribution in [0.15, 0.2) is 180 Å². The number of nitrogens with zero attached hydrogens (tertiary/aromatic N) is 4. The molecule has 2 aromatic heterocycles. The number of anilines is 3. The molecule has 0 amide bonds. The van der Waals surface area contributed by atoms with Crippen molar-refractivity contribution in [2.45, 2.75) is 12.3 Å². The van der Waals surface area contributed by atoms with Crippen LogP contribution in [-0.4, -0.2) is 15.0 Å². The van der Waals surface area contributed by atoms with Gasteiger partial charge in [-0.15, -0.1) is 0 Å². The quantitative estimate of drug-likeness (QED) is 0.176. The zero-order valence-corrected chi connectivity index (χ0v) is 28.2. The molecule has 0 saturated carbocycles. The number of aromatic nitrogens is 3. The Morgan fingerprint density at radius 2 is 1.13 bits per heavy atom. The van der Waals surface area contributed by atoms with Gasteiger partial charge >= 0.3 is 0 Å². The van der Waals surface area contributed by atoms with Gasteiger partial charge in [-0.3, -0.25) is 0 Å². The summed E-state index contributed by atoms with van der Waals surface area (Å²) in [5.74, 6) is 2.14. The van der Waals surface area contributed by atoms with Gasteiger partial charge in [-0.25, -0.2) is 15.0 Å². The summed E-state index contributed by atoms with van der Waals surface area (Å²) < 4.78 is 6.70. The molecule has 10 rings (SSSR count). The van der Waals surface area contributed by atoms with Crippen molar-refractivity contribution in [2.75, 3.05) is 4.90 Å². The third-order valence-electron chi connectivity index (χ3n) is 9.99. The molecule has 2 heterocycles. The SMILES string of the molecule is C1=CCC(c2nc(-c3ccccc3)nc(-c3ccc4c(c3)oc3cccc(N(c5cccc6ccccc56)c5cccc6ccccc56)c34)n2)C=C1. The molecule has 0 aliphatic heterocycles. The Morgan fingerprint density at radius 1 is 0.500 bits per heavy atom. The molecule has 1 aliphatic carbocycles. The molecule has 0 radical (unpaired) electrons. The molecule has 1 unspecified atom stereocenters. The number of hydrogen-bond acceptors (Lipinski definition) is 5. The van der Waals surface area contributed by atoms with E-state index in [-0.39, 0.29) is 5.92 Å². The van der Waals surface area contributed by atoms with Gasteiger partial charge in [0.1, 0.15) is 17.0 Å². The van der Waals surface area contributed by atoms with Crippen molar-refractivity contribution < 1.29 is 4.42 Å². The largest absolute Gasteiger partial charge is 0.456 e. The van der Waals surface area contributed by atoms with Crippen LogP contribution in [-0.2, 0) is 0 Å². The molecule has 246 valence electrons. The first-order valence-electron chi connectivity index (χ1n) is 17.6. The van der Waals surface area contributed by atoms with Crippen molar-refractivity contribution in [1.29, 1.82) is 0 Å². The van der Waals surface area contributed by atoms with Crippen molar-refractivity contribution in [3.63, 3.8) is 0 Å². The maximum absolute atomic E-state index is 6.70. The summed E-state index contributed by atoms with van der Waals surface area (Å²) in [4.78, 5) is 17.4. The fourth-order valence-electron chi connectivity index (χ4n) is 7.50. The van der Waals surface area contributed by atoms with Crippen LogP contribution < -0.4 is 4.90 Å². The molecular weight excluding hydrogens is 637 g/mol. The molecule has 0 fully saturated rings. The minimum Gasteiger partial charge on any atom is -0.456 e. The normalized spacial score (nSPS) is 14.1. The third-order valence-corrected chi connectivity index (χ3v) is 9.99. The molecule has 52 heavy (non-hydrogen) atoms. The van der Waals surface area contributed by atoms with E-state index in [0.29, 0.717) is 11.6 Å². The molecule has 0 spiro atoms. The maximum atomic E-state index is 6.70. The van der Waals surface area contributed by atoms with Crippen LogP contribution in [0, 0.1) is 0 Å². The Hall–Kier alpha value is -6.85. The number of furan rings is 1. The van der Waals surface area contributed by atoms with Crippen LogP contribution in [0.1, 0.15) is 18.2 Å². The second-order valence-electron chi connectivity index (χ2n) is 13.2. The summed E-state index contributed by atoms with van der Waals surface area (Å²) in [6, 6.07) is 53.0. The molecule has 5 heteroatoms. The molecule has 7 aromatic carbocycles. The topological polar surface area (TPSA) is 55.1 Å². The predicted octanol–water partition coefficient (Wildman–Crippen LogP) is 12.5. The number of benzene rings is 7. The Labute approximate surface area is 300 Å². The van der Waals surface area contributed by atoms with Gasteiger partial charge < -0.3 is 9.32 Å². The van der Waals surface area contributed by atoms with E-state index in [1.807, 2.05) is 30.3 Å². The van der Waals surface area contributed by atoms with Gasteiger partial charge in [-0.05, 0) is 53.6 Å². The molecular formula is C47H32N4O. The molecule has 9 aromatic rings. The first-order chi connectivity index (χ1) is 25.8. The van der Waals surface area contributed by atoms with Crippen molar-refractivity contribution in [2.24, 2.45) is 0 Å². The van der Waals surface area contributed by atoms with E-state index in [2.05, 4.69) is 151 Å². The van der Waals surface area contributed by atoms with E-state index in [4.69, 9.17) is 19.4 Å². The first-order valence-corrected chi connectivity index (χ1v) is 17.6. The lowest BCUT2D eigenvalue weighted by atomic mass is 10.00. The molecule has 0 N–H and O–H groups in total. The summed E-state index contributed by atoms with van der Waals surface area (Å²) >= 11 is 0. The van der Waals surface area contributed by atoms with Crippen LogP contribution in [0.25, 0.3) is 66.3 Å². The maximum Gasteiger partial charge on any atom is 0.163 e. The monoisotopic (exact) mass is 668 g/mol. The van der Waals surface area contributed by atoms with Crippen LogP contribution in [0.5, 0.6) is 0 Å². The van der Waals surface area contributed by atoms with E-state index < -0.39 is 0 Å². The van der Waals surface area contributed by atoms with Crippen molar-refractivity contribution in [1.82, 2.24) is 15.0 Å². The van der Waals surface area contributed by atoms with Crippen LogP contribution in [0.4, 0.5) is 17.1 Å². The summed E-state index contributed by atoms with van der Waals surface area (Å²) in [6.07, 6.45) is 9.31. The van der Waals surface area contributed by atoms with Crippen LogP contribution >= 0.6 is 0 Å². The van der Waals surface area contributed by atoms with Gasteiger partial charge in [0, 0.05) is 33.2 Å². The van der Waals surface area contributed by atoms with Crippen LogP contribution in [0.3, 0.4) is 0 Å². The average molecular weight is 669 g/mol. The van der Waals surface area contributed by atoms with Crippen LogP contribution in [0.2, 0.25) is 0 Å². The summed E-state index contributed by atoms with van der Waals surface area (Å²) in [6.45, 7) is 0. The number of rotatable bonds is 6. The van der Waals surface area contributed by atoms with Gasteiger partial charge in [-0.1, -0.05) is 140 Å². The van der Waals surface area contributed by atoms with E-state index in [1.54, 1.807) is 0 Å². The van der Waals surface area contributed by atoms with Gasteiger partial charge in [0.2, 0.25) is 0 Å². The Morgan fingerprint density at radius 3 is 1.85 bits per heavy atom. The minimum atomic E-state index is 0.0841. The van der Waals surface area contributed by atoms with Crippen molar-refractivity contribution >= 4 is 60.5 Å². The highest BCUT2D eigenvalue weighted by atomic mass is 16.3. The standard InChI is InChI=1S/C47H32N4O/c1-3-16-33(17-4-1)45-48-46(34-18-5-2-6-19-34)50-47(49-45)35-28-29-38-43(30-35)52-42-27-13-26-41(44(38)42)51(39-24-11-20-31-14-7-9-22-36(31)39)40-25-12-21-32-15-8-10-23-37(32)40/h1-18,20-30,34H,19H2. The van der Waals surface area contributed by atoms with Crippen molar-refractivity contribution in [3.05, 3.63) is 182 Å². The van der Waals surface area contributed by atoms with Gasteiger partial charge in [-0.2, -0.15) is 0 Å². The number of allylic oxidation sites excluding steroid dienone is 4. The highest BCUT2D eigenvalue weighted by molar-refractivity contribution is 6.16. The second-order valence-corrected chi connectivity index (χ2v) is 13.2. The molecule has 5 nitrogen and oxygen atoms in total. The van der Waals surface area contributed by atoms with E-state index in [1.165, 1.54) is 21.5 Å². The predicted molar refractivity (Wildman–Crippen MR) is 213 cm³/mol. The lowest BCUT2D eigenvalue weighted by Crippen LogP contribution is -2.11. The van der Waals surface area contributed by atoms with E-state index >= 15 is 0 Å². The first kappa shape index (κ1) is 30.0. The summed E-state index contributed by atoms with van der Waals surface area (Å²) in [5.41, 5.74) is 6.68. The molecule has 1 atom stereocenters. The zero-order chi connectivity index (χ0) is 34.4. The highest BCUT2D eigenvalue weighted by Crippen LogP contribution is 2.47. The minimum absolute atomic E-state index is 0.0841. The molecule has 0 saturated heterocycles. The Bertz CT molecular complexity index is 2760. The Balaban J connectivity index is 1.18. The lowest BCUT2D eigenvalue weighted by Gasteiger charge is -2.28. The molecule has 0 bridgehead atoms. The summed E-state index contributed by atoms with van der Waals surface area (Å²) in [7, 11) is 0. The Kier molecular flexibility index (Phi) is 7.21. The van der Waals surface area contributed by atoms with Crippen molar-refractivity contribution in [3.8, 4) is 22.8 Å². The van der Waals surface area contributed by atoms with E-state index in [0.717, 1.165) is 62.4 Å². The van der Waals surface area contributed by atoms with Gasteiger partial charge in [0.05, 0.1) is 22.4 Å². The molecule has 1 aliphatic rings. The fraction of sp³-hybridized carbons (Fsp3) is 0.0426. The smallest absolute Gasteiger partial charge is 0.163 e. The third kappa shape index (κ3) is 5.14. The van der Waals surface area contributed by atoms with E-state index in [9.17, 15) is 0 Å². The number of hydrogen-bond donors (Lipinski definition) is 0. The zero-order valence-electron chi connectivity index (χ0n) is 28.2. The second kappa shape index (κ2) is 12.5. The lowest BCUT2D eigenvalue weighted by molar-refractivity contribution is 0.669. The highest BCUT2D eigenvalue weighted by Gasteiger charge is 2.23. The summed E-state index contributed by atoms with van der Waals surface area (Å²) in [5, 5.41) is 6.79.